The Kier molecular flexibility index (Phi) is 7.33. The molecule has 0 saturated carbocycles. The number of aliphatic imine (C=N–C) groups is 1. The van der Waals surface area contributed by atoms with Gasteiger partial charge in [0, 0.05) is 19.1 Å². The molecular formula is C23H34N4O4. The van der Waals surface area contributed by atoms with Crippen molar-refractivity contribution in [2.24, 2.45) is 16.6 Å². The zero-order chi connectivity index (χ0) is 22.6. The number of amidine groups is 1. The summed E-state index contributed by atoms with van der Waals surface area (Å²) in [6.45, 7) is 9.00. The Bertz CT molecular complexity index is 877. The second kappa shape index (κ2) is 9.78. The number of nitrogens with two attached hydrogens (primary N) is 1. The molecular weight excluding hydrogens is 396 g/mol. The van der Waals surface area contributed by atoms with Crippen LogP contribution in [-0.4, -0.2) is 51.7 Å². The Labute approximate surface area is 183 Å². The van der Waals surface area contributed by atoms with Crippen LogP contribution < -0.4 is 5.73 Å². The standard InChI is InChI=1S/C23H34N4O4/c1-15(25-22(29)31-23(2,3)4)27-13-11-16(12-14-27)9-10-17(24)20(28)21-26-18-7-5-6-8-19(18)30-21/h5-8,16-17,20,28H,9-14,24H2,1-4H3/b25-15-/t17-,20?/m0/s1. The van der Waals surface area contributed by atoms with Gasteiger partial charge in [-0.2, -0.15) is 4.99 Å². The van der Waals surface area contributed by atoms with E-state index in [2.05, 4.69) is 14.9 Å². The van der Waals surface area contributed by atoms with Crippen molar-refractivity contribution in [1.29, 1.82) is 0 Å². The number of likely N-dealkylation sites (tertiary alicyclic amines) is 1. The van der Waals surface area contributed by atoms with Gasteiger partial charge in [0.1, 0.15) is 23.1 Å². The number of carbonyl (C=O) groups is 1. The minimum Gasteiger partial charge on any atom is -0.442 e. The molecule has 1 saturated heterocycles. The summed E-state index contributed by atoms with van der Waals surface area (Å²) in [7, 11) is 0. The van der Waals surface area contributed by atoms with Gasteiger partial charge < -0.3 is 24.9 Å². The van der Waals surface area contributed by atoms with Crippen molar-refractivity contribution in [1.82, 2.24) is 9.88 Å². The van der Waals surface area contributed by atoms with Crippen molar-refractivity contribution in [3.8, 4) is 0 Å². The molecule has 1 fully saturated rings. The van der Waals surface area contributed by atoms with Gasteiger partial charge in [0.25, 0.3) is 0 Å². The van der Waals surface area contributed by atoms with E-state index in [1.165, 1.54) is 0 Å². The third-order valence-corrected chi connectivity index (χ3v) is 5.60. The number of benzene rings is 1. The van der Waals surface area contributed by atoms with E-state index in [4.69, 9.17) is 14.9 Å². The number of aliphatic hydroxyl groups is 1. The highest BCUT2D eigenvalue weighted by molar-refractivity contribution is 5.90. The van der Waals surface area contributed by atoms with Crippen LogP contribution in [0.5, 0.6) is 0 Å². The summed E-state index contributed by atoms with van der Waals surface area (Å²) in [5, 5.41) is 10.5. The summed E-state index contributed by atoms with van der Waals surface area (Å²) in [5.41, 5.74) is 7.07. The molecule has 1 aliphatic heterocycles. The van der Waals surface area contributed by atoms with Crippen LogP contribution in [0.2, 0.25) is 0 Å². The molecule has 0 radical (unpaired) electrons. The SMILES string of the molecule is C/C(=N/C(=O)OC(C)(C)C)N1CCC(CC[C@H](N)C(O)c2nc3ccccc3o2)CC1. The first kappa shape index (κ1) is 23.2. The molecule has 1 aliphatic rings. The quantitative estimate of drug-likeness (QED) is 0.543. The van der Waals surface area contributed by atoms with Crippen LogP contribution in [0, 0.1) is 5.92 Å². The second-order valence-corrected chi connectivity index (χ2v) is 9.28. The molecule has 0 aliphatic carbocycles. The van der Waals surface area contributed by atoms with Crippen molar-refractivity contribution in [2.45, 2.75) is 71.1 Å². The van der Waals surface area contributed by atoms with Crippen LogP contribution in [0.1, 0.15) is 65.4 Å². The van der Waals surface area contributed by atoms with Gasteiger partial charge in [-0.1, -0.05) is 12.1 Å². The minimum absolute atomic E-state index is 0.275. The summed E-state index contributed by atoms with van der Waals surface area (Å²) in [5.74, 6) is 1.49. The number of nitrogens with zero attached hydrogens (tertiary/aromatic N) is 3. The molecule has 1 amide bonds. The molecule has 1 aromatic heterocycles. The van der Waals surface area contributed by atoms with Crippen LogP contribution in [0.25, 0.3) is 11.1 Å². The molecule has 0 spiro atoms. The number of hydrogen-bond acceptors (Lipinski definition) is 6. The van der Waals surface area contributed by atoms with E-state index in [1.807, 2.05) is 52.0 Å². The topological polar surface area (TPSA) is 114 Å². The number of fused-ring (bicyclic) bond motifs is 1. The number of rotatable bonds is 5. The third kappa shape index (κ3) is 6.51. The summed E-state index contributed by atoms with van der Waals surface area (Å²) >= 11 is 0. The monoisotopic (exact) mass is 430 g/mol. The maximum Gasteiger partial charge on any atom is 0.435 e. The molecule has 2 atom stereocenters. The van der Waals surface area contributed by atoms with E-state index in [1.54, 1.807) is 0 Å². The van der Waals surface area contributed by atoms with Gasteiger partial charge >= 0.3 is 6.09 Å². The summed E-state index contributed by atoms with van der Waals surface area (Å²) < 4.78 is 10.9. The number of aromatic nitrogens is 1. The van der Waals surface area contributed by atoms with Crippen molar-refractivity contribution >= 4 is 23.0 Å². The first-order valence-corrected chi connectivity index (χ1v) is 10.9. The summed E-state index contributed by atoms with van der Waals surface area (Å²) in [6.07, 6.45) is 2.13. The molecule has 8 heteroatoms. The zero-order valence-electron chi connectivity index (χ0n) is 18.9. The largest absolute Gasteiger partial charge is 0.442 e. The molecule has 2 heterocycles. The van der Waals surface area contributed by atoms with E-state index in [0.717, 1.165) is 37.9 Å². The van der Waals surface area contributed by atoms with E-state index in [9.17, 15) is 9.90 Å². The number of carbonyl (C=O) groups excluding carboxylic acids is 1. The Hall–Kier alpha value is -2.45. The first-order valence-electron chi connectivity index (χ1n) is 10.9. The van der Waals surface area contributed by atoms with Gasteiger partial charge in [-0.3, -0.25) is 0 Å². The number of aliphatic hydroxyl groups excluding tert-OH is 1. The number of para-hydroxylation sites is 2. The molecule has 2 aromatic rings. The molecule has 0 bridgehead atoms. The fraction of sp³-hybridized carbons (Fsp3) is 0.609. The number of amides is 1. The molecule has 3 N–H and O–H groups in total. The molecule has 8 nitrogen and oxygen atoms in total. The van der Waals surface area contributed by atoms with E-state index >= 15 is 0 Å². The highest BCUT2D eigenvalue weighted by Crippen LogP contribution is 2.27. The summed E-state index contributed by atoms with van der Waals surface area (Å²) in [4.78, 5) is 22.4. The van der Waals surface area contributed by atoms with Crippen LogP contribution in [0.3, 0.4) is 0 Å². The van der Waals surface area contributed by atoms with Crippen LogP contribution in [0.4, 0.5) is 4.79 Å². The highest BCUT2D eigenvalue weighted by atomic mass is 16.6. The zero-order valence-corrected chi connectivity index (χ0v) is 18.9. The smallest absolute Gasteiger partial charge is 0.435 e. The van der Waals surface area contributed by atoms with Gasteiger partial charge in [0.2, 0.25) is 5.89 Å². The molecule has 31 heavy (non-hydrogen) atoms. The maximum atomic E-state index is 11.9. The number of oxazole rings is 1. The predicted molar refractivity (Wildman–Crippen MR) is 120 cm³/mol. The number of ether oxygens (including phenoxy) is 1. The average molecular weight is 431 g/mol. The molecule has 1 unspecified atom stereocenters. The second-order valence-electron chi connectivity index (χ2n) is 9.28. The minimum atomic E-state index is -0.921. The molecule has 1 aromatic carbocycles. The lowest BCUT2D eigenvalue weighted by atomic mass is 9.89. The fourth-order valence-electron chi connectivity index (χ4n) is 3.82. The van der Waals surface area contributed by atoms with Crippen molar-refractivity contribution in [3.63, 3.8) is 0 Å². The lowest BCUT2D eigenvalue weighted by Gasteiger charge is -2.33. The summed E-state index contributed by atoms with van der Waals surface area (Å²) in [6, 6.07) is 7.00. The Morgan fingerprint density at radius 1 is 1.35 bits per heavy atom. The third-order valence-electron chi connectivity index (χ3n) is 5.60. The van der Waals surface area contributed by atoms with Crippen LogP contribution in [0.15, 0.2) is 33.7 Å². The van der Waals surface area contributed by atoms with E-state index in [0.29, 0.717) is 23.8 Å². The predicted octanol–water partition coefficient (Wildman–Crippen LogP) is 4.03. The van der Waals surface area contributed by atoms with Gasteiger partial charge in [-0.05, 0) is 71.4 Å². The van der Waals surface area contributed by atoms with Gasteiger partial charge in [0.15, 0.2) is 5.58 Å². The van der Waals surface area contributed by atoms with Gasteiger partial charge in [-0.15, -0.1) is 0 Å². The Morgan fingerprint density at radius 2 is 2.03 bits per heavy atom. The van der Waals surface area contributed by atoms with Crippen molar-refractivity contribution in [3.05, 3.63) is 30.2 Å². The average Bonchev–Trinajstić information content (AvgIpc) is 3.14. The fourth-order valence-corrected chi connectivity index (χ4v) is 3.82. The van der Waals surface area contributed by atoms with Crippen molar-refractivity contribution in [2.75, 3.05) is 13.1 Å². The van der Waals surface area contributed by atoms with E-state index < -0.39 is 23.8 Å². The Morgan fingerprint density at radius 3 is 2.68 bits per heavy atom. The number of piperidine rings is 1. The highest BCUT2D eigenvalue weighted by Gasteiger charge is 2.26. The van der Waals surface area contributed by atoms with E-state index in [-0.39, 0.29) is 5.89 Å². The van der Waals surface area contributed by atoms with Gasteiger partial charge in [-0.25, -0.2) is 9.78 Å². The lowest BCUT2D eigenvalue weighted by Crippen LogP contribution is -2.38. The molecule has 170 valence electrons. The Balaban J connectivity index is 1.44. The maximum absolute atomic E-state index is 11.9. The van der Waals surface area contributed by atoms with Crippen LogP contribution >= 0.6 is 0 Å². The number of hydrogen-bond donors (Lipinski definition) is 2. The van der Waals surface area contributed by atoms with Gasteiger partial charge in [0.05, 0.1) is 0 Å². The normalized spacial score (nSPS) is 18.3. The lowest BCUT2D eigenvalue weighted by molar-refractivity contribution is 0.0601. The molecule has 3 rings (SSSR count). The van der Waals surface area contributed by atoms with Crippen molar-refractivity contribution < 1.29 is 19.1 Å². The van der Waals surface area contributed by atoms with Crippen LogP contribution in [-0.2, 0) is 4.74 Å². The first-order chi connectivity index (χ1) is 14.6.